The largest absolute Gasteiger partial charge is 0.448 e. The summed E-state index contributed by atoms with van der Waals surface area (Å²) in [6, 6.07) is 6.53. The molecule has 3 aromatic rings. The molecule has 1 fully saturated rings. The van der Waals surface area contributed by atoms with E-state index in [-0.39, 0.29) is 23.3 Å². The maximum atomic E-state index is 13.9. The number of aromatic nitrogens is 2. The van der Waals surface area contributed by atoms with Crippen LogP contribution in [0.3, 0.4) is 0 Å². The third kappa shape index (κ3) is 3.00. The average Bonchev–Trinajstić information content (AvgIpc) is 3.01. The van der Waals surface area contributed by atoms with Crippen molar-refractivity contribution in [2.75, 3.05) is 18.0 Å². The number of nitrogens with one attached hydrogen (secondary N) is 1. The number of nitrogens with zero attached hydrogens (tertiary/aromatic N) is 3. The van der Waals surface area contributed by atoms with Gasteiger partial charge in [-0.05, 0) is 31.9 Å². The second-order valence-corrected chi connectivity index (χ2v) is 6.46. The molecule has 26 heavy (non-hydrogen) atoms. The molecule has 1 N–H and O–H groups in total. The maximum absolute atomic E-state index is 13.9. The van der Waals surface area contributed by atoms with Crippen molar-refractivity contribution in [3.8, 4) is 0 Å². The quantitative estimate of drug-likeness (QED) is 0.783. The van der Waals surface area contributed by atoms with E-state index in [2.05, 4.69) is 20.2 Å². The molecule has 0 atom stereocenters. The number of furan rings is 1. The minimum atomic E-state index is -0.458. The van der Waals surface area contributed by atoms with E-state index in [1.807, 2.05) is 0 Å². The van der Waals surface area contributed by atoms with Crippen molar-refractivity contribution < 1.29 is 13.6 Å². The van der Waals surface area contributed by atoms with Crippen LogP contribution in [0.25, 0.3) is 11.0 Å². The van der Waals surface area contributed by atoms with Crippen LogP contribution in [0.1, 0.15) is 29.0 Å². The van der Waals surface area contributed by atoms with Crippen LogP contribution in [-0.4, -0.2) is 35.0 Å². The molecule has 1 aliphatic heterocycles. The fourth-order valence-corrected chi connectivity index (χ4v) is 3.35. The number of benzene rings is 1. The minimum Gasteiger partial charge on any atom is -0.448 e. The molecule has 2 aromatic heterocycles. The van der Waals surface area contributed by atoms with Crippen LogP contribution >= 0.6 is 0 Å². The highest BCUT2D eigenvalue weighted by atomic mass is 19.1. The van der Waals surface area contributed by atoms with E-state index in [1.54, 1.807) is 37.5 Å². The molecule has 0 radical (unpaired) electrons. The molecule has 1 aromatic carbocycles. The highest BCUT2D eigenvalue weighted by Crippen LogP contribution is 2.27. The molecule has 0 bridgehead atoms. The fourth-order valence-electron chi connectivity index (χ4n) is 3.35. The summed E-state index contributed by atoms with van der Waals surface area (Å²) in [6.45, 7) is 3.31. The number of carbonyl (C=O) groups excluding carboxylic acids is 1. The monoisotopic (exact) mass is 354 g/mol. The Labute approximate surface area is 150 Å². The van der Waals surface area contributed by atoms with E-state index in [4.69, 9.17) is 4.42 Å². The number of para-hydroxylation sites is 1. The molecule has 0 saturated carbocycles. The standard InChI is InChI=1S/C19H19FN4O2/c1-12-14-4-2-5-15(20)17(14)26-16(12)18(25)23-13-6-10-24(11-7-13)19-21-8-3-9-22-19/h2-5,8-9,13H,6-7,10-11H2,1H3,(H,23,25). The van der Waals surface area contributed by atoms with Gasteiger partial charge in [0.1, 0.15) is 0 Å². The molecule has 7 heteroatoms. The van der Waals surface area contributed by atoms with Gasteiger partial charge < -0.3 is 14.6 Å². The van der Waals surface area contributed by atoms with Gasteiger partial charge in [-0.1, -0.05) is 12.1 Å². The summed E-state index contributed by atoms with van der Waals surface area (Å²) < 4.78 is 19.4. The van der Waals surface area contributed by atoms with Crippen molar-refractivity contribution in [3.63, 3.8) is 0 Å². The highest BCUT2D eigenvalue weighted by Gasteiger charge is 2.25. The van der Waals surface area contributed by atoms with E-state index in [0.717, 1.165) is 25.9 Å². The Balaban J connectivity index is 1.43. The summed E-state index contributed by atoms with van der Waals surface area (Å²) in [5, 5.41) is 3.64. The number of amides is 1. The molecule has 6 nitrogen and oxygen atoms in total. The summed E-state index contributed by atoms with van der Waals surface area (Å²) in [7, 11) is 0. The lowest BCUT2D eigenvalue weighted by molar-refractivity contribution is 0.0904. The van der Waals surface area contributed by atoms with E-state index >= 15 is 0 Å². The van der Waals surface area contributed by atoms with Gasteiger partial charge in [-0.15, -0.1) is 0 Å². The number of carbonyl (C=O) groups is 1. The number of aryl methyl sites for hydroxylation is 1. The molecule has 0 aliphatic carbocycles. The van der Waals surface area contributed by atoms with Crippen LogP contribution in [0.4, 0.5) is 10.3 Å². The van der Waals surface area contributed by atoms with Gasteiger partial charge in [0.05, 0.1) is 0 Å². The third-order valence-electron chi connectivity index (χ3n) is 4.79. The molecular weight excluding hydrogens is 335 g/mol. The Bertz CT molecular complexity index is 933. The van der Waals surface area contributed by atoms with Crippen molar-refractivity contribution in [3.05, 3.63) is 53.8 Å². The Kier molecular flexibility index (Phi) is 4.28. The lowest BCUT2D eigenvalue weighted by Gasteiger charge is -2.32. The zero-order valence-electron chi connectivity index (χ0n) is 14.4. The van der Waals surface area contributed by atoms with Crippen molar-refractivity contribution in [2.45, 2.75) is 25.8 Å². The first-order chi connectivity index (χ1) is 12.6. The molecule has 1 amide bonds. The smallest absolute Gasteiger partial charge is 0.287 e. The van der Waals surface area contributed by atoms with Crippen molar-refractivity contribution in [1.29, 1.82) is 0 Å². The summed E-state index contributed by atoms with van der Waals surface area (Å²) in [4.78, 5) is 23.2. The first-order valence-electron chi connectivity index (χ1n) is 8.64. The summed E-state index contributed by atoms with van der Waals surface area (Å²) in [6.07, 6.45) is 5.02. The predicted octanol–water partition coefficient (Wildman–Crippen LogP) is 3.07. The lowest BCUT2D eigenvalue weighted by Crippen LogP contribution is -2.45. The number of hydrogen-bond donors (Lipinski definition) is 1. The van der Waals surface area contributed by atoms with Gasteiger partial charge >= 0.3 is 0 Å². The van der Waals surface area contributed by atoms with Gasteiger partial charge in [-0.2, -0.15) is 0 Å². The number of halogens is 1. The number of rotatable bonds is 3. The van der Waals surface area contributed by atoms with E-state index < -0.39 is 5.82 Å². The van der Waals surface area contributed by atoms with Gasteiger partial charge in [-0.25, -0.2) is 14.4 Å². The first-order valence-corrected chi connectivity index (χ1v) is 8.64. The number of anilines is 1. The van der Waals surface area contributed by atoms with Gasteiger partial charge in [0.15, 0.2) is 17.2 Å². The van der Waals surface area contributed by atoms with Crippen LogP contribution in [0.15, 0.2) is 41.1 Å². The molecule has 134 valence electrons. The van der Waals surface area contributed by atoms with E-state index in [0.29, 0.717) is 16.9 Å². The Morgan fingerprint density at radius 2 is 1.96 bits per heavy atom. The molecule has 3 heterocycles. The maximum Gasteiger partial charge on any atom is 0.287 e. The van der Waals surface area contributed by atoms with Crippen molar-refractivity contribution in [2.24, 2.45) is 0 Å². The van der Waals surface area contributed by atoms with Crippen LogP contribution in [0.2, 0.25) is 0 Å². The fraction of sp³-hybridized carbons (Fsp3) is 0.316. The molecule has 1 saturated heterocycles. The van der Waals surface area contributed by atoms with Crippen molar-refractivity contribution >= 4 is 22.8 Å². The summed E-state index contributed by atoms with van der Waals surface area (Å²) >= 11 is 0. The van der Waals surface area contributed by atoms with Gasteiger partial charge in [-0.3, -0.25) is 4.79 Å². The Morgan fingerprint density at radius 3 is 2.65 bits per heavy atom. The topological polar surface area (TPSA) is 71.3 Å². The second kappa shape index (κ2) is 6.74. The summed E-state index contributed by atoms with van der Waals surface area (Å²) in [5.41, 5.74) is 0.790. The highest BCUT2D eigenvalue weighted by molar-refractivity contribution is 5.99. The van der Waals surface area contributed by atoms with E-state index in [9.17, 15) is 9.18 Å². The second-order valence-electron chi connectivity index (χ2n) is 6.46. The Hall–Kier alpha value is -2.96. The Morgan fingerprint density at radius 1 is 1.23 bits per heavy atom. The van der Waals surface area contributed by atoms with Gasteiger partial charge in [0, 0.05) is 42.5 Å². The SMILES string of the molecule is Cc1c(C(=O)NC2CCN(c3ncccn3)CC2)oc2c(F)cccc12. The number of hydrogen-bond acceptors (Lipinski definition) is 5. The zero-order chi connectivity index (χ0) is 18.1. The van der Waals surface area contributed by atoms with Gasteiger partial charge in [0.2, 0.25) is 5.95 Å². The molecule has 0 unspecified atom stereocenters. The lowest BCUT2D eigenvalue weighted by atomic mass is 10.0. The number of fused-ring (bicyclic) bond motifs is 1. The zero-order valence-corrected chi connectivity index (χ0v) is 14.4. The molecular formula is C19H19FN4O2. The predicted molar refractivity (Wildman–Crippen MR) is 95.6 cm³/mol. The average molecular weight is 354 g/mol. The number of piperidine rings is 1. The molecule has 1 aliphatic rings. The van der Waals surface area contributed by atoms with Crippen LogP contribution in [-0.2, 0) is 0 Å². The van der Waals surface area contributed by atoms with E-state index in [1.165, 1.54) is 6.07 Å². The third-order valence-corrected chi connectivity index (χ3v) is 4.79. The normalized spacial score (nSPS) is 15.4. The minimum absolute atomic E-state index is 0.0416. The van der Waals surface area contributed by atoms with Crippen LogP contribution in [0.5, 0.6) is 0 Å². The van der Waals surface area contributed by atoms with Gasteiger partial charge in [0.25, 0.3) is 5.91 Å². The van der Waals surface area contributed by atoms with Crippen LogP contribution in [0, 0.1) is 12.7 Å². The van der Waals surface area contributed by atoms with Crippen LogP contribution < -0.4 is 10.2 Å². The molecule has 0 spiro atoms. The van der Waals surface area contributed by atoms with Crippen molar-refractivity contribution in [1.82, 2.24) is 15.3 Å². The first kappa shape index (κ1) is 16.5. The molecule has 4 rings (SSSR count). The summed E-state index contributed by atoms with van der Waals surface area (Å²) in [5.74, 6) is 0.133.